The van der Waals surface area contributed by atoms with E-state index in [2.05, 4.69) is 45.0 Å². The Kier molecular flexibility index (Phi) is 9.31. The SMILES string of the molecule is CC(=O)CCCCCC(NC(=O)c1cc(C)n(C)n1)C(=O)NCCc1c(-c2ccccc2)[nH]c2ccccc12. The number of hydrogen-bond donors (Lipinski definition) is 3. The minimum Gasteiger partial charge on any atom is -0.354 e. The van der Waals surface area contributed by atoms with E-state index in [9.17, 15) is 14.4 Å². The van der Waals surface area contributed by atoms with Gasteiger partial charge in [-0.1, -0.05) is 61.4 Å². The number of fused-ring (bicyclic) bond motifs is 1. The van der Waals surface area contributed by atoms with E-state index in [0.717, 1.165) is 52.7 Å². The fourth-order valence-electron chi connectivity index (χ4n) is 4.82. The van der Waals surface area contributed by atoms with Gasteiger partial charge in [-0.2, -0.15) is 5.10 Å². The maximum atomic E-state index is 13.3. The molecule has 0 aliphatic heterocycles. The fraction of sp³-hybridized carbons (Fsp3) is 0.355. The van der Waals surface area contributed by atoms with Crippen molar-refractivity contribution in [2.75, 3.05) is 6.54 Å². The van der Waals surface area contributed by atoms with Gasteiger partial charge in [-0.25, -0.2) is 0 Å². The fourth-order valence-corrected chi connectivity index (χ4v) is 4.82. The van der Waals surface area contributed by atoms with Crippen LogP contribution in [0.1, 0.15) is 60.8 Å². The van der Waals surface area contributed by atoms with Crippen LogP contribution in [0, 0.1) is 6.92 Å². The summed E-state index contributed by atoms with van der Waals surface area (Å²) in [5, 5.41) is 11.3. The molecule has 1 unspecified atom stereocenters. The van der Waals surface area contributed by atoms with Gasteiger partial charge >= 0.3 is 0 Å². The highest BCUT2D eigenvalue weighted by Crippen LogP contribution is 2.30. The number of hydrogen-bond acceptors (Lipinski definition) is 4. The van der Waals surface area contributed by atoms with Crippen molar-refractivity contribution in [1.29, 1.82) is 0 Å². The molecule has 0 fully saturated rings. The number of amides is 2. The maximum absolute atomic E-state index is 13.3. The highest BCUT2D eigenvalue weighted by atomic mass is 16.2. The van der Waals surface area contributed by atoms with E-state index < -0.39 is 6.04 Å². The Hall–Kier alpha value is -4.20. The normalized spacial score (nSPS) is 11.9. The molecule has 0 aliphatic rings. The first-order chi connectivity index (χ1) is 18.8. The number of H-pyrrole nitrogens is 1. The van der Waals surface area contributed by atoms with Gasteiger partial charge in [0.05, 0.1) is 0 Å². The number of nitrogens with zero attached hydrogens (tertiary/aromatic N) is 2. The van der Waals surface area contributed by atoms with Crippen LogP contribution in [-0.4, -0.2) is 44.9 Å². The highest BCUT2D eigenvalue weighted by Gasteiger charge is 2.23. The molecule has 204 valence electrons. The second kappa shape index (κ2) is 13.0. The van der Waals surface area contributed by atoms with E-state index in [0.29, 0.717) is 25.8 Å². The lowest BCUT2D eigenvalue weighted by molar-refractivity contribution is -0.123. The topological polar surface area (TPSA) is 109 Å². The minimum atomic E-state index is -0.686. The van der Waals surface area contributed by atoms with E-state index in [1.807, 2.05) is 37.3 Å². The lowest BCUT2D eigenvalue weighted by Gasteiger charge is -2.18. The van der Waals surface area contributed by atoms with Crippen LogP contribution in [-0.2, 0) is 23.1 Å². The Labute approximate surface area is 229 Å². The van der Waals surface area contributed by atoms with E-state index in [-0.39, 0.29) is 23.3 Å². The first kappa shape index (κ1) is 27.8. The Morgan fingerprint density at radius 2 is 1.74 bits per heavy atom. The Balaban J connectivity index is 1.44. The molecule has 0 radical (unpaired) electrons. The maximum Gasteiger partial charge on any atom is 0.272 e. The summed E-state index contributed by atoms with van der Waals surface area (Å²) in [5.74, 6) is -0.426. The summed E-state index contributed by atoms with van der Waals surface area (Å²) in [4.78, 5) is 41.0. The summed E-state index contributed by atoms with van der Waals surface area (Å²) in [6.45, 7) is 3.89. The molecular formula is C31H37N5O3. The third-order valence-electron chi connectivity index (χ3n) is 7.04. The summed E-state index contributed by atoms with van der Waals surface area (Å²) in [6, 6.07) is 19.4. The number of Topliss-reactive ketones (excluding diaryl/α,β-unsaturated/α-hetero) is 1. The Morgan fingerprint density at radius 3 is 2.46 bits per heavy atom. The zero-order chi connectivity index (χ0) is 27.8. The number of nitrogens with one attached hydrogen (secondary N) is 3. The molecule has 3 N–H and O–H groups in total. The summed E-state index contributed by atoms with van der Waals surface area (Å²) >= 11 is 0. The quantitative estimate of drug-likeness (QED) is 0.216. The summed E-state index contributed by atoms with van der Waals surface area (Å²) < 4.78 is 1.64. The van der Waals surface area contributed by atoms with Crippen LogP contribution in [0.25, 0.3) is 22.2 Å². The van der Waals surface area contributed by atoms with Crippen molar-refractivity contribution in [2.24, 2.45) is 7.05 Å². The highest BCUT2D eigenvalue weighted by molar-refractivity contribution is 5.96. The van der Waals surface area contributed by atoms with Gasteiger partial charge in [0.2, 0.25) is 5.91 Å². The first-order valence-corrected chi connectivity index (χ1v) is 13.6. The van der Waals surface area contributed by atoms with Crippen LogP contribution in [0.3, 0.4) is 0 Å². The molecule has 0 bridgehead atoms. The molecule has 1 atom stereocenters. The number of aryl methyl sites for hydroxylation is 2. The average molecular weight is 528 g/mol. The number of carbonyl (C=O) groups is 3. The van der Waals surface area contributed by atoms with Crippen molar-refractivity contribution < 1.29 is 14.4 Å². The number of unbranched alkanes of at least 4 members (excludes halogenated alkanes) is 2. The van der Waals surface area contributed by atoms with Gasteiger partial charge in [-0.3, -0.25) is 14.3 Å². The number of benzene rings is 2. The number of aromatic nitrogens is 3. The van der Waals surface area contributed by atoms with Gasteiger partial charge in [-0.05, 0) is 56.4 Å². The number of rotatable bonds is 13. The molecule has 2 amide bonds. The first-order valence-electron chi connectivity index (χ1n) is 13.6. The van der Waals surface area contributed by atoms with Crippen LogP contribution < -0.4 is 10.6 Å². The van der Waals surface area contributed by atoms with E-state index in [4.69, 9.17) is 0 Å². The van der Waals surface area contributed by atoms with Gasteiger partial charge < -0.3 is 20.4 Å². The number of ketones is 1. The Bertz CT molecular complexity index is 1420. The molecule has 4 rings (SSSR count). The van der Waals surface area contributed by atoms with Crippen LogP contribution in [0.15, 0.2) is 60.7 Å². The molecule has 2 heterocycles. The van der Waals surface area contributed by atoms with Gasteiger partial charge in [-0.15, -0.1) is 0 Å². The molecule has 4 aromatic rings. The minimum absolute atomic E-state index is 0.162. The second-order valence-electron chi connectivity index (χ2n) is 10.1. The lowest BCUT2D eigenvalue weighted by Crippen LogP contribution is -2.47. The van der Waals surface area contributed by atoms with Gasteiger partial charge in [0.25, 0.3) is 5.91 Å². The summed E-state index contributed by atoms with van der Waals surface area (Å²) in [5.41, 5.74) is 5.49. The number of aromatic amines is 1. The van der Waals surface area contributed by atoms with Crippen LogP contribution >= 0.6 is 0 Å². The molecule has 0 saturated heterocycles. The summed E-state index contributed by atoms with van der Waals surface area (Å²) in [7, 11) is 1.78. The average Bonchev–Trinajstić information content (AvgIpc) is 3.47. The Morgan fingerprint density at radius 1 is 1.00 bits per heavy atom. The monoisotopic (exact) mass is 527 g/mol. The van der Waals surface area contributed by atoms with Crippen molar-refractivity contribution >= 4 is 28.5 Å². The standard InChI is InChI=1S/C31H37N5O3/c1-21-20-28(35-36(21)3)31(39)34-27(17-9-4-6-12-22(2)37)30(38)32-19-18-25-24-15-10-11-16-26(24)33-29(25)23-13-7-5-8-14-23/h5,7-8,10-11,13-16,20,27,33H,4,6,9,12,17-19H2,1-3H3,(H,32,38)(H,34,39). The molecule has 0 saturated carbocycles. The molecular weight excluding hydrogens is 490 g/mol. The van der Waals surface area contributed by atoms with Crippen LogP contribution in [0.2, 0.25) is 0 Å². The molecule has 2 aromatic heterocycles. The smallest absolute Gasteiger partial charge is 0.272 e. The predicted octanol–water partition coefficient (Wildman–Crippen LogP) is 4.87. The molecule has 0 spiro atoms. The number of para-hydroxylation sites is 1. The number of carbonyl (C=O) groups excluding carboxylic acids is 3. The van der Waals surface area contributed by atoms with Crippen molar-refractivity contribution in [3.8, 4) is 11.3 Å². The zero-order valence-corrected chi connectivity index (χ0v) is 22.9. The largest absolute Gasteiger partial charge is 0.354 e. The lowest BCUT2D eigenvalue weighted by atomic mass is 10.0. The van der Waals surface area contributed by atoms with Crippen LogP contribution in [0.4, 0.5) is 0 Å². The van der Waals surface area contributed by atoms with E-state index in [1.165, 1.54) is 0 Å². The van der Waals surface area contributed by atoms with Crippen molar-refractivity contribution in [3.05, 3.63) is 77.6 Å². The van der Waals surface area contributed by atoms with Crippen LogP contribution in [0.5, 0.6) is 0 Å². The second-order valence-corrected chi connectivity index (χ2v) is 10.1. The van der Waals surface area contributed by atoms with E-state index >= 15 is 0 Å². The van der Waals surface area contributed by atoms with Crippen molar-refractivity contribution in [2.45, 2.75) is 58.4 Å². The van der Waals surface area contributed by atoms with Crippen molar-refractivity contribution in [1.82, 2.24) is 25.4 Å². The van der Waals surface area contributed by atoms with Gasteiger partial charge in [0.1, 0.15) is 17.5 Å². The van der Waals surface area contributed by atoms with E-state index in [1.54, 1.807) is 24.7 Å². The molecule has 0 aliphatic carbocycles. The molecule has 8 heteroatoms. The molecule has 8 nitrogen and oxygen atoms in total. The summed E-state index contributed by atoms with van der Waals surface area (Å²) in [6.07, 6.45) is 3.98. The molecule has 39 heavy (non-hydrogen) atoms. The predicted molar refractivity (Wildman–Crippen MR) is 153 cm³/mol. The molecule has 2 aromatic carbocycles. The van der Waals surface area contributed by atoms with Gasteiger partial charge in [0, 0.05) is 42.3 Å². The van der Waals surface area contributed by atoms with Crippen molar-refractivity contribution in [3.63, 3.8) is 0 Å². The zero-order valence-electron chi connectivity index (χ0n) is 22.9. The third-order valence-corrected chi connectivity index (χ3v) is 7.04. The van der Waals surface area contributed by atoms with Gasteiger partial charge in [0.15, 0.2) is 0 Å². The third kappa shape index (κ3) is 7.22.